The smallest absolute Gasteiger partial charge is 0.384 e. The minimum absolute atomic E-state index is 0.0206. The van der Waals surface area contributed by atoms with Gasteiger partial charge in [0.1, 0.15) is 5.82 Å². The molecule has 2 N–H and O–H groups in total. The molecule has 2 aromatic heterocycles. The number of benzene rings is 1. The van der Waals surface area contributed by atoms with E-state index in [1.54, 1.807) is 19.1 Å². The standard InChI is InChI=1S/C14H11F3N4/c1-8-6-13-19-12(18)7-11(21(13)20-8)9-4-2-3-5-10(9)14(15,16)17/h2-7H,1H3,(H2,18,19). The van der Waals surface area contributed by atoms with Crippen LogP contribution in [0.3, 0.4) is 0 Å². The number of aryl methyl sites for hydroxylation is 1. The van der Waals surface area contributed by atoms with E-state index < -0.39 is 11.7 Å². The lowest BCUT2D eigenvalue weighted by Crippen LogP contribution is -2.09. The first-order valence-electron chi connectivity index (χ1n) is 6.16. The highest BCUT2D eigenvalue weighted by molar-refractivity contribution is 5.69. The van der Waals surface area contributed by atoms with Crippen molar-refractivity contribution in [2.45, 2.75) is 13.1 Å². The van der Waals surface area contributed by atoms with Gasteiger partial charge < -0.3 is 5.73 Å². The van der Waals surface area contributed by atoms with Gasteiger partial charge in [0.05, 0.1) is 17.0 Å². The molecule has 0 saturated carbocycles. The Morgan fingerprint density at radius 3 is 2.57 bits per heavy atom. The van der Waals surface area contributed by atoms with Gasteiger partial charge in [0.15, 0.2) is 5.65 Å². The molecule has 4 nitrogen and oxygen atoms in total. The molecule has 0 radical (unpaired) electrons. The van der Waals surface area contributed by atoms with E-state index >= 15 is 0 Å². The third-order valence-corrected chi connectivity index (χ3v) is 3.08. The minimum atomic E-state index is -4.46. The predicted octanol–water partition coefficient (Wildman–Crippen LogP) is 3.31. The summed E-state index contributed by atoms with van der Waals surface area (Å²) >= 11 is 0. The lowest BCUT2D eigenvalue weighted by molar-refractivity contribution is -0.137. The van der Waals surface area contributed by atoms with Crippen molar-refractivity contribution in [3.05, 3.63) is 47.7 Å². The Bertz CT molecular complexity index is 821. The number of aromatic nitrogens is 3. The van der Waals surface area contributed by atoms with Gasteiger partial charge in [-0.3, -0.25) is 0 Å². The van der Waals surface area contributed by atoms with Crippen LogP contribution in [-0.4, -0.2) is 14.6 Å². The normalized spacial score (nSPS) is 12.0. The Balaban J connectivity index is 2.36. The van der Waals surface area contributed by atoms with Crippen LogP contribution in [0.2, 0.25) is 0 Å². The van der Waals surface area contributed by atoms with Crippen molar-refractivity contribution < 1.29 is 13.2 Å². The van der Waals surface area contributed by atoms with Crippen LogP contribution in [0.1, 0.15) is 11.3 Å². The van der Waals surface area contributed by atoms with Crippen molar-refractivity contribution >= 4 is 11.5 Å². The number of fused-ring (bicyclic) bond motifs is 1. The Morgan fingerprint density at radius 2 is 1.86 bits per heavy atom. The fourth-order valence-corrected chi connectivity index (χ4v) is 2.25. The highest BCUT2D eigenvalue weighted by atomic mass is 19.4. The average molecular weight is 292 g/mol. The number of halogens is 3. The highest BCUT2D eigenvalue weighted by Crippen LogP contribution is 2.37. The molecular formula is C14H11F3N4. The average Bonchev–Trinajstić information content (AvgIpc) is 2.77. The molecule has 0 spiro atoms. The molecule has 108 valence electrons. The molecule has 3 aromatic rings. The molecule has 0 unspecified atom stereocenters. The zero-order chi connectivity index (χ0) is 15.2. The van der Waals surface area contributed by atoms with Crippen LogP contribution in [0, 0.1) is 6.92 Å². The second-order valence-electron chi connectivity index (χ2n) is 4.67. The summed E-state index contributed by atoms with van der Waals surface area (Å²) in [5.74, 6) is 0.148. The number of rotatable bonds is 1. The van der Waals surface area contributed by atoms with Gasteiger partial charge in [0, 0.05) is 17.7 Å². The maximum absolute atomic E-state index is 13.2. The molecule has 0 saturated heterocycles. The molecule has 21 heavy (non-hydrogen) atoms. The fourth-order valence-electron chi connectivity index (χ4n) is 2.25. The number of nitrogens with zero attached hydrogens (tertiary/aromatic N) is 3. The summed E-state index contributed by atoms with van der Waals surface area (Å²) in [6.07, 6.45) is -4.46. The summed E-state index contributed by atoms with van der Waals surface area (Å²) in [5.41, 5.74) is 6.32. The van der Waals surface area contributed by atoms with Crippen molar-refractivity contribution in [3.63, 3.8) is 0 Å². The SMILES string of the molecule is Cc1cc2nc(N)cc(-c3ccccc3C(F)(F)F)n2n1. The van der Waals surface area contributed by atoms with Gasteiger partial charge in [0.25, 0.3) is 0 Å². The van der Waals surface area contributed by atoms with Gasteiger partial charge in [0.2, 0.25) is 0 Å². The van der Waals surface area contributed by atoms with E-state index in [4.69, 9.17) is 5.73 Å². The third kappa shape index (κ3) is 2.31. The lowest BCUT2D eigenvalue weighted by Gasteiger charge is -2.13. The summed E-state index contributed by atoms with van der Waals surface area (Å²) in [7, 11) is 0. The van der Waals surface area contributed by atoms with Crippen LogP contribution in [0.4, 0.5) is 19.0 Å². The molecular weight excluding hydrogens is 281 g/mol. The van der Waals surface area contributed by atoms with Gasteiger partial charge in [-0.15, -0.1) is 0 Å². The van der Waals surface area contributed by atoms with Gasteiger partial charge >= 0.3 is 6.18 Å². The Hall–Kier alpha value is -2.57. The molecule has 0 bridgehead atoms. The Kier molecular flexibility index (Phi) is 2.86. The molecule has 0 amide bonds. The summed E-state index contributed by atoms with van der Waals surface area (Å²) in [5, 5.41) is 4.19. The van der Waals surface area contributed by atoms with Crippen molar-refractivity contribution in [2.75, 3.05) is 5.73 Å². The topological polar surface area (TPSA) is 56.2 Å². The first kappa shape index (κ1) is 13.4. The molecule has 0 aliphatic heterocycles. The van der Waals surface area contributed by atoms with E-state index in [1.165, 1.54) is 22.7 Å². The molecule has 3 rings (SSSR count). The number of nitrogen functional groups attached to an aromatic ring is 1. The van der Waals surface area contributed by atoms with Crippen molar-refractivity contribution in [2.24, 2.45) is 0 Å². The largest absolute Gasteiger partial charge is 0.417 e. The highest BCUT2D eigenvalue weighted by Gasteiger charge is 2.34. The van der Waals surface area contributed by atoms with Gasteiger partial charge in [-0.2, -0.15) is 18.3 Å². The lowest BCUT2D eigenvalue weighted by atomic mass is 10.0. The van der Waals surface area contributed by atoms with Crippen LogP contribution in [0.25, 0.3) is 16.9 Å². The maximum atomic E-state index is 13.2. The number of hydrogen-bond acceptors (Lipinski definition) is 3. The second kappa shape index (κ2) is 4.47. The molecule has 0 fully saturated rings. The molecule has 2 heterocycles. The maximum Gasteiger partial charge on any atom is 0.417 e. The number of hydrogen-bond donors (Lipinski definition) is 1. The quantitative estimate of drug-likeness (QED) is 0.748. The minimum Gasteiger partial charge on any atom is -0.384 e. The second-order valence-corrected chi connectivity index (χ2v) is 4.67. The fraction of sp³-hybridized carbons (Fsp3) is 0.143. The third-order valence-electron chi connectivity index (χ3n) is 3.08. The molecule has 1 aromatic carbocycles. The number of anilines is 1. The monoisotopic (exact) mass is 292 g/mol. The van der Waals surface area contributed by atoms with E-state index in [0.29, 0.717) is 11.3 Å². The first-order valence-corrected chi connectivity index (χ1v) is 6.16. The summed E-state index contributed by atoms with van der Waals surface area (Å²) in [4.78, 5) is 4.07. The molecule has 7 heteroatoms. The summed E-state index contributed by atoms with van der Waals surface area (Å²) in [6.45, 7) is 1.74. The van der Waals surface area contributed by atoms with Crippen LogP contribution in [0.15, 0.2) is 36.4 Å². The summed E-state index contributed by atoms with van der Waals surface area (Å²) < 4.78 is 40.9. The van der Waals surface area contributed by atoms with Crippen molar-refractivity contribution in [1.82, 2.24) is 14.6 Å². The molecule has 0 aliphatic carbocycles. The van der Waals surface area contributed by atoms with Crippen molar-refractivity contribution in [1.29, 1.82) is 0 Å². The van der Waals surface area contributed by atoms with Crippen LogP contribution >= 0.6 is 0 Å². The number of nitrogens with two attached hydrogens (primary N) is 1. The van der Waals surface area contributed by atoms with Gasteiger partial charge in [-0.1, -0.05) is 18.2 Å². The predicted molar refractivity (Wildman–Crippen MR) is 72.6 cm³/mol. The van der Waals surface area contributed by atoms with E-state index in [9.17, 15) is 13.2 Å². The Morgan fingerprint density at radius 1 is 1.14 bits per heavy atom. The van der Waals surface area contributed by atoms with Crippen molar-refractivity contribution in [3.8, 4) is 11.3 Å². The molecule has 0 atom stereocenters. The van der Waals surface area contributed by atoms with E-state index in [1.807, 2.05) is 0 Å². The van der Waals surface area contributed by atoms with Gasteiger partial charge in [-0.25, -0.2) is 9.50 Å². The van der Waals surface area contributed by atoms with E-state index in [0.717, 1.165) is 6.07 Å². The first-order chi connectivity index (χ1) is 9.86. The van der Waals surface area contributed by atoms with Crippen LogP contribution < -0.4 is 5.73 Å². The van der Waals surface area contributed by atoms with E-state index in [2.05, 4.69) is 10.1 Å². The zero-order valence-corrected chi connectivity index (χ0v) is 11.0. The Labute approximate surface area is 118 Å². The van der Waals surface area contributed by atoms with Gasteiger partial charge in [-0.05, 0) is 13.0 Å². The zero-order valence-electron chi connectivity index (χ0n) is 11.0. The summed E-state index contributed by atoms with van der Waals surface area (Å²) in [6, 6.07) is 8.38. The van der Waals surface area contributed by atoms with E-state index in [-0.39, 0.29) is 17.1 Å². The number of alkyl halides is 3. The molecule has 0 aliphatic rings. The van der Waals surface area contributed by atoms with Crippen LogP contribution in [0.5, 0.6) is 0 Å². The van der Waals surface area contributed by atoms with Crippen LogP contribution in [-0.2, 0) is 6.18 Å².